The van der Waals surface area contributed by atoms with Crippen LogP contribution in [0.4, 0.5) is 0 Å². The Kier molecular flexibility index (Phi) is 5.25. The number of hydrogen-bond acceptors (Lipinski definition) is 5. The molecule has 0 unspecified atom stereocenters. The molecule has 0 saturated heterocycles. The Hall–Kier alpha value is -2.18. The van der Waals surface area contributed by atoms with E-state index in [0.717, 1.165) is 35.0 Å². The molecule has 6 heteroatoms. The van der Waals surface area contributed by atoms with E-state index in [-0.39, 0.29) is 11.2 Å². The fourth-order valence-electron chi connectivity index (χ4n) is 3.51. The van der Waals surface area contributed by atoms with Crippen LogP contribution < -0.4 is 5.56 Å². The molecule has 0 atom stereocenters. The van der Waals surface area contributed by atoms with E-state index in [1.165, 1.54) is 5.56 Å². The predicted octanol–water partition coefficient (Wildman–Crippen LogP) is 4.00. The molecule has 0 bridgehead atoms. The van der Waals surface area contributed by atoms with Gasteiger partial charge in [-0.3, -0.25) is 9.36 Å². The Labute approximate surface area is 169 Å². The minimum absolute atomic E-state index is 0.0187. The van der Waals surface area contributed by atoms with Crippen molar-refractivity contribution in [3.63, 3.8) is 0 Å². The highest BCUT2D eigenvalue weighted by molar-refractivity contribution is 7.99. The standard InChI is InChI=1S/C22H25N3O2S/c1-4-25-20(26)17-12-16-14-27-22(2,3)13-18(16)23-19(17)24-21(25)28-11-10-15-8-6-5-7-9-15/h5-9,12H,4,10-11,13-14H2,1-3H3. The number of ether oxygens (including phenoxy) is 1. The van der Waals surface area contributed by atoms with E-state index in [4.69, 9.17) is 14.7 Å². The largest absolute Gasteiger partial charge is 0.370 e. The first-order valence-electron chi connectivity index (χ1n) is 9.71. The van der Waals surface area contributed by atoms with Crippen molar-refractivity contribution in [3.05, 3.63) is 63.6 Å². The number of aromatic nitrogens is 3. The van der Waals surface area contributed by atoms with Crippen LogP contribution in [0.1, 0.15) is 37.6 Å². The molecule has 1 aliphatic rings. The maximum absolute atomic E-state index is 13.1. The van der Waals surface area contributed by atoms with Crippen molar-refractivity contribution >= 4 is 22.8 Å². The normalized spacial score (nSPS) is 15.5. The fourth-order valence-corrected chi connectivity index (χ4v) is 4.55. The summed E-state index contributed by atoms with van der Waals surface area (Å²) in [4.78, 5) is 22.6. The zero-order valence-corrected chi connectivity index (χ0v) is 17.4. The molecular weight excluding hydrogens is 370 g/mol. The Balaban J connectivity index is 1.67. The van der Waals surface area contributed by atoms with Crippen LogP contribution in [0.2, 0.25) is 0 Å². The zero-order chi connectivity index (χ0) is 19.7. The highest BCUT2D eigenvalue weighted by Crippen LogP contribution is 2.28. The third-order valence-corrected chi connectivity index (χ3v) is 6.05. The van der Waals surface area contributed by atoms with Crippen LogP contribution in [0.3, 0.4) is 0 Å². The van der Waals surface area contributed by atoms with Gasteiger partial charge in [0.1, 0.15) is 0 Å². The number of nitrogens with zero attached hydrogens (tertiary/aromatic N) is 3. The van der Waals surface area contributed by atoms with Crippen LogP contribution in [0, 0.1) is 0 Å². The maximum atomic E-state index is 13.1. The Morgan fingerprint density at radius 1 is 1.21 bits per heavy atom. The van der Waals surface area contributed by atoms with Gasteiger partial charge in [-0.15, -0.1) is 0 Å². The highest BCUT2D eigenvalue weighted by Gasteiger charge is 2.28. The molecule has 28 heavy (non-hydrogen) atoms. The molecule has 5 nitrogen and oxygen atoms in total. The number of rotatable bonds is 5. The minimum atomic E-state index is -0.237. The SMILES string of the molecule is CCn1c(SCCc2ccccc2)nc2nc3c(cc2c1=O)COC(C)(C)C3. The summed E-state index contributed by atoms with van der Waals surface area (Å²) in [6.07, 6.45) is 1.67. The van der Waals surface area contributed by atoms with Gasteiger partial charge in [0, 0.05) is 24.3 Å². The molecule has 2 aromatic heterocycles. The molecule has 1 aromatic carbocycles. The smallest absolute Gasteiger partial charge is 0.263 e. The number of hydrogen-bond donors (Lipinski definition) is 0. The number of fused-ring (bicyclic) bond motifs is 2. The average Bonchev–Trinajstić information content (AvgIpc) is 2.67. The molecule has 0 spiro atoms. The first-order chi connectivity index (χ1) is 13.5. The second kappa shape index (κ2) is 7.68. The van der Waals surface area contributed by atoms with Gasteiger partial charge < -0.3 is 4.74 Å². The molecule has 0 fully saturated rings. The molecule has 0 N–H and O–H groups in total. The number of benzene rings is 1. The van der Waals surface area contributed by atoms with Crippen molar-refractivity contribution in [2.45, 2.75) is 57.5 Å². The Morgan fingerprint density at radius 3 is 2.75 bits per heavy atom. The topological polar surface area (TPSA) is 57.0 Å². The van der Waals surface area contributed by atoms with Crippen LogP contribution in [0.25, 0.3) is 11.0 Å². The summed E-state index contributed by atoms with van der Waals surface area (Å²) in [6, 6.07) is 12.3. The molecule has 146 valence electrons. The molecule has 3 aromatic rings. The maximum Gasteiger partial charge on any atom is 0.263 e. The summed E-state index contributed by atoms with van der Waals surface area (Å²) in [5.74, 6) is 0.869. The van der Waals surface area contributed by atoms with Gasteiger partial charge in [-0.2, -0.15) is 0 Å². The van der Waals surface area contributed by atoms with E-state index in [2.05, 4.69) is 38.1 Å². The third kappa shape index (κ3) is 3.84. The van der Waals surface area contributed by atoms with E-state index in [9.17, 15) is 4.79 Å². The van der Waals surface area contributed by atoms with Gasteiger partial charge >= 0.3 is 0 Å². The molecule has 0 aliphatic carbocycles. The van der Waals surface area contributed by atoms with Crippen molar-refractivity contribution in [2.75, 3.05) is 5.75 Å². The van der Waals surface area contributed by atoms with Crippen molar-refractivity contribution in [3.8, 4) is 0 Å². The van der Waals surface area contributed by atoms with Gasteiger partial charge in [0.2, 0.25) is 0 Å². The van der Waals surface area contributed by atoms with Crippen molar-refractivity contribution in [2.24, 2.45) is 0 Å². The van der Waals surface area contributed by atoms with Crippen LogP contribution in [-0.2, 0) is 30.7 Å². The third-order valence-electron chi connectivity index (χ3n) is 5.07. The molecule has 0 amide bonds. The van der Waals surface area contributed by atoms with Gasteiger partial charge in [0.25, 0.3) is 5.56 Å². The number of thioether (sulfide) groups is 1. The summed E-state index contributed by atoms with van der Waals surface area (Å²) >= 11 is 1.62. The summed E-state index contributed by atoms with van der Waals surface area (Å²) in [5.41, 5.74) is 3.57. The number of pyridine rings is 1. The Bertz CT molecular complexity index is 1060. The molecule has 4 rings (SSSR count). The molecule has 0 saturated carbocycles. The van der Waals surface area contributed by atoms with Crippen LogP contribution >= 0.6 is 11.8 Å². The van der Waals surface area contributed by atoms with E-state index < -0.39 is 0 Å². The van der Waals surface area contributed by atoms with Gasteiger partial charge in [-0.1, -0.05) is 42.1 Å². The number of aryl methyl sites for hydroxylation is 1. The molecule has 3 heterocycles. The minimum Gasteiger partial charge on any atom is -0.370 e. The van der Waals surface area contributed by atoms with Crippen molar-refractivity contribution in [1.82, 2.24) is 14.5 Å². The highest BCUT2D eigenvalue weighted by atomic mass is 32.2. The quantitative estimate of drug-likeness (QED) is 0.483. The zero-order valence-electron chi connectivity index (χ0n) is 16.6. The fraction of sp³-hybridized carbons (Fsp3) is 0.409. The summed E-state index contributed by atoms with van der Waals surface area (Å²) in [6.45, 7) is 7.19. The van der Waals surface area contributed by atoms with Crippen molar-refractivity contribution < 1.29 is 4.74 Å². The van der Waals surface area contributed by atoms with Gasteiger partial charge in [-0.05, 0) is 38.8 Å². The average molecular weight is 396 g/mol. The van der Waals surface area contributed by atoms with Crippen LogP contribution in [0.5, 0.6) is 0 Å². The summed E-state index contributed by atoms with van der Waals surface area (Å²) in [7, 11) is 0. The second-order valence-corrected chi connectivity index (χ2v) is 8.78. The van der Waals surface area contributed by atoms with Gasteiger partial charge in [0.05, 0.1) is 23.3 Å². The van der Waals surface area contributed by atoms with Crippen molar-refractivity contribution in [1.29, 1.82) is 0 Å². The first-order valence-corrected chi connectivity index (χ1v) is 10.7. The van der Waals surface area contributed by atoms with Gasteiger partial charge in [-0.25, -0.2) is 9.97 Å². The lowest BCUT2D eigenvalue weighted by Gasteiger charge is -2.31. The first kappa shape index (κ1) is 19.2. The molecular formula is C22H25N3O2S. The van der Waals surface area contributed by atoms with E-state index in [0.29, 0.717) is 24.2 Å². The van der Waals surface area contributed by atoms with Crippen LogP contribution in [-0.4, -0.2) is 25.9 Å². The lowest BCUT2D eigenvalue weighted by Crippen LogP contribution is -2.33. The monoisotopic (exact) mass is 395 g/mol. The lowest BCUT2D eigenvalue weighted by molar-refractivity contribution is -0.0411. The predicted molar refractivity (Wildman–Crippen MR) is 113 cm³/mol. The van der Waals surface area contributed by atoms with E-state index >= 15 is 0 Å². The summed E-state index contributed by atoms with van der Waals surface area (Å²) < 4.78 is 7.63. The molecule has 1 aliphatic heterocycles. The Morgan fingerprint density at radius 2 is 2.00 bits per heavy atom. The van der Waals surface area contributed by atoms with E-state index in [1.54, 1.807) is 16.3 Å². The summed E-state index contributed by atoms with van der Waals surface area (Å²) in [5, 5.41) is 1.33. The second-order valence-electron chi connectivity index (χ2n) is 7.72. The van der Waals surface area contributed by atoms with Gasteiger partial charge in [0.15, 0.2) is 10.8 Å². The van der Waals surface area contributed by atoms with E-state index in [1.807, 2.05) is 19.1 Å². The lowest BCUT2D eigenvalue weighted by atomic mass is 9.95. The van der Waals surface area contributed by atoms with Crippen LogP contribution in [0.15, 0.2) is 46.3 Å². The molecule has 0 radical (unpaired) electrons.